The molecule has 0 aliphatic heterocycles. The Balaban J connectivity index is 1.50. The highest BCUT2D eigenvalue weighted by Crippen LogP contribution is 2.22. The molecule has 0 saturated carbocycles. The normalized spacial score (nSPS) is 11.1. The lowest BCUT2D eigenvalue weighted by Crippen LogP contribution is -2.28. The van der Waals surface area contributed by atoms with Crippen LogP contribution in [0.3, 0.4) is 0 Å². The van der Waals surface area contributed by atoms with Crippen molar-refractivity contribution in [1.29, 1.82) is 0 Å². The monoisotopic (exact) mass is 466 g/mol. The Kier molecular flexibility index (Phi) is 6.67. The largest absolute Gasteiger partial charge is 0.355 e. The molecule has 4 aromatic rings. The third-order valence-corrected chi connectivity index (χ3v) is 6.22. The lowest BCUT2D eigenvalue weighted by atomic mass is 10.1. The van der Waals surface area contributed by atoms with Gasteiger partial charge in [0.2, 0.25) is 5.91 Å². The Morgan fingerprint density at radius 1 is 1.12 bits per heavy atom. The number of aromatic amines is 1. The van der Waals surface area contributed by atoms with Gasteiger partial charge in [-0.2, -0.15) is 0 Å². The van der Waals surface area contributed by atoms with E-state index in [9.17, 15) is 9.59 Å². The van der Waals surface area contributed by atoms with E-state index in [1.807, 2.05) is 68.4 Å². The van der Waals surface area contributed by atoms with Gasteiger partial charge in [-0.25, -0.2) is 4.98 Å². The van der Waals surface area contributed by atoms with Crippen molar-refractivity contribution in [3.8, 4) is 5.69 Å². The first kappa shape index (κ1) is 22.2. The number of aromatic nitrogens is 3. The van der Waals surface area contributed by atoms with E-state index in [0.717, 1.165) is 16.8 Å². The SMILES string of the molecule is Cc1ccc(-n2c(SCC(=O)NCCc3ccc(Cl)cc3)nc3cc(C)[nH]c3c2=O)cc1. The topological polar surface area (TPSA) is 79.8 Å². The van der Waals surface area contributed by atoms with E-state index < -0.39 is 0 Å². The van der Waals surface area contributed by atoms with Crippen LogP contribution in [-0.4, -0.2) is 32.7 Å². The summed E-state index contributed by atoms with van der Waals surface area (Å²) in [5.41, 5.74) is 4.65. The number of fused-ring (bicyclic) bond motifs is 1. The minimum absolute atomic E-state index is 0.112. The maximum Gasteiger partial charge on any atom is 0.283 e. The van der Waals surface area contributed by atoms with Crippen LogP contribution in [0, 0.1) is 13.8 Å². The molecule has 6 nitrogen and oxygen atoms in total. The van der Waals surface area contributed by atoms with Crippen molar-refractivity contribution >= 4 is 40.3 Å². The molecule has 0 radical (unpaired) electrons. The standard InChI is InChI=1S/C24H23ClN4O2S/c1-15-3-9-19(10-4-15)29-23(31)22-20(13-16(2)27-22)28-24(29)32-14-21(30)26-12-11-17-5-7-18(25)8-6-17/h3-10,13,27H,11-12,14H2,1-2H3,(H,26,30). The molecule has 1 amide bonds. The molecular weight excluding hydrogens is 444 g/mol. The van der Waals surface area contributed by atoms with Crippen molar-refractivity contribution in [2.45, 2.75) is 25.4 Å². The van der Waals surface area contributed by atoms with Crippen LogP contribution in [0.5, 0.6) is 0 Å². The molecule has 0 fully saturated rings. The first-order valence-corrected chi connectivity index (χ1v) is 11.6. The van der Waals surface area contributed by atoms with Crippen LogP contribution >= 0.6 is 23.4 Å². The molecule has 0 bridgehead atoms. The average molecular weight is 467 g/mol. The van der Waals surface area contributed by atoms with Crippen molar-refractivity contribution in [3.63, 3.8) is 0 Å². The summed E-state index contributed by atoms with van der Waals surface area (Å²) in [4.78, 5) is 33.4. The van der Waals surface area contributed by atoms with Crippen LogP contribution in [0.25, 0.3) is 16.7 Å². The van der Waals surface area contributed by atoms with Gasteiger partial charge in [-0.1, -0.05) is 53.2 Å². The Labute approximate surface area is 195 Å². The number of amides is 1. The zero-order chi connectivity index (χ0) is 22.7. The number of hydrogen-bond acceptors (Lipinski definition) is 4. The van der Waals surface area contributed by atoms with E-state index in [2.05, 4.69) is 15.3 Å². The molecule has 8 heteroatoms. The first-order valence-electron chi connectivity index (χ1n) is 10.2. The van der Waals surface area contributed by atoms with Crippen molar-refractivity contribution < 1.29 is 4.79 Å². The number of rotatable bonds is 7. The third kappa shape index (κ3) is 5.06. The minimum atomic E-state index is -0.183. The summed E-state index contributed by atoms with van der Waals surface area (Å²) in [5, 5.41) is 4.10. The van der Waals surface area contributed by atoms with Crippen LogP contribution in [-0.2, 0) is 11.2 Å². The quantitative estimate of drug-likeness (QED) is 0.312. The number of benzene rings is 2. The Bertz CT molecular complexity index is 1310. The lowest BCUT2D eigenvalue weighted by molar-refractivity contribution is -0.118. The second-order valence-electron chi connectivity index (χ2n) is 7.60. The van der Waals surface area contributed by atoms with E-state index in [0.29, 0.717) is 39.9 Å². The number of nitrogens with zero attached hydrogens (tertiary/aromatic N) is 2. The van der Waals surface area contributed by atoms with E-state index in [1.54, 1.807) is 4.57 Å². The molecular formula is C24H23ClN4O2S. The highest BCUT2D eigenvalue weighted by molar-refractivity contribution is 7.99. The summed E-state index contributed by atoms with van der Waals surface area (Å²) in [5.74, 6) is 0.0485. The van der Waals surface area contributed by atoms with Gasteiger partial charge in [0, 0.05) is 17.3 Å². The molecule has 32 heavy (non-hydrogen) atoms. The molecule has 0 spiro atoms. The van der Waals surface area contributed by atoms with Crippen LogP contribution in [0.15, 0.2) is 64.5 Å². The number of hydrogen-bond donors (Lipinski definition) is 2. The fourth-order valence-corrected chi connectivity index (χ4v) is 4.34. The van der Waals surface area contributed by atoms with Gasteiger partial charge in [-0.3, -0.25) is 14.2 Å². The molecule has 2 aromatic carbocycles. The van der Waals surface area contributed by atoms with Gasteiger partial charge < -0.3 is 10.3 Å². The number of carbonyl (C=O) groups excluding carboxylic acids is 1. The van der Waals surface area contributed by atoms with Gasteiger partial charge in [-0.05, 0) is 56.2 Å². The van der Waals surface area contributed by atoms with Crippen molar-refractivity contribution in [2.24, 2.45) is 0 Å². The van der Waals surface area contributed by atoms with Crippen molar-refractivity contribution in [2.75, 3.05) is 12.3 Å². The maximum atomic E-state index is 13.2. The van der Waals surface area contributed by atoms with Gasteiger partial charge >= 0.3 is 0 Å². The number of thioether (sulfide) groups is 1. The van der Waals surface area contributed by atoms with Gasteiger partial charge in [0.1, 0.15) is 5.52 Å². The number of carbonyl (C=O) groups is 1. The van der Waals surface area contributed by atoms with E-state index >= 15 is 0 Å². The lowest BCUT2D eigenvalue weighted by Gasteiger charge is -2.12. The minimum Gasteiger partial charge on any atom is -0.355 e. The number of H-pyrrole nitrogens is 1. The second kappa shape index (κ2) is 9.63. The molecule has 0 aliphatic rings. The van der Waals surface area contributed by atoms with Gasteiger partial charge in [0.25, 0.3) is 5.56 Å². The summed E-state index contributed by atoms with van der Waals surface area (Å²) in [7, 11) is 0. The zero-order valence-corrected chi connectivity index (χ0v) is 19.4. The number of nitrogens with one attached hydrogen (secondary N) is 2. The zero-order valence-electron chi connectivity index (χ0n) is 17.8. The summed E-state index contributed by atoms with van der Waals surface area (Å²) in [6.45, 7) is 4.40. The molecule has 0 atom stereocenters. The summed E-state index contributed by atoms with van der Waals surface area (Å²) >= 11 is 7.15. The van der Waals surface area contributed by atoms with E-state index in [-0.39, 0.29) is 17.2 Å². The predicted octanol–water partition coefficient (Wildman–Crippen LogP) is 4.44. The molecule has 2 heterocycles. The molecule has 0 aliphatic carbocycles. The van der Waals surface area contributed by atoms with Crippen LogP contribution in [0.1, 0.15) is 16.8 Å². The number of halogens is 1. The van der Waals surface area contributed by atoms with Gasteiger partial charge in [-0.15, -0.1) is 0 Å². The molecule has 0 unspecified atom stereocenters. The predicted molar refractivity (Wildman–Crippen MR) is 130 cm³/mol. The van der Waals surface area contributed by atoms with Crippen LogP contribution in [0.2, 0.25) is 5.02 Å². The highest BCUT2D eigenvalue weighted by Gasteiger charge is 2.16. The smallest absolute Gasteiger partial charge is 0.283 e. The van der Waals surface area contributed by atoms with E-state index in [1.165, 1.54) is 11.8 Å². The van der Waals surface area contributed by atoms with Crippen LogP contribution in [0.4, 0.5) is 0 Å². The molecule has 0 saturated heterocycles. The van der Waals surface area contributed by atoms with E-state index in [4.69, 9.17) is 11.6 Å². The second-order valence-corrected chi connectivity index (χ2v) is 8.98. The maximum absolute atomic E-state index is 13.2. The fraction of sp³-hybridized carbons (Fsp3) is 0.208. The molecule has 2 N–H and O–H groups in total. The first-order chi connectivity index (χ1) is 15.4. The average Bonchev–Trinajstić information content (AvgIpc) is 3.15. The van der Waals surface area contributed by atoms with Crippen molar-refractivity contribution in [3.05, 3.63) is 86.8 Å². The number of aryl methyl sites for hydroxylation is 2. The Morgan fingerprint density at radius 2 is 1.84 bits per heavy atom. The Morgan fingerprint density at radius 3 is 2.56 bits per heavy atom. The summed E-state index contributed by atoms with van der Waals surface area (Å²) < 4.78 is 1.56. The Hall–Kier alpha value is -3.03. The molecule has 4 rings (SSSR count). The van der Waals surface area contributed by atoms with Gasteiger partial charge in [0.15, 0.2) is 5.16 Å². The summed E-state index contributed by atoms with van der Waals surface area (Å²) in [6, 6.07) is 17.1. The highest BCUT2D eigenvalue weighted by atomic mass is 35.5. The van der Waals surface area contributed by atoms with Gasteiger partial charge in [0.05, 0.1) is 17.0 Å². The summed E-state index contributed by atoms with van der Waals surface area (Å²) in [6.07, 6.45) is 0.717. The fourth-order valence-electron chi connectivity index (χ4n) is 3.37. The molecule has 2 aromatic heterocycles. The van der Waals surface area contributed by atoms with Crippen molar-refractivity contribution in [1.82, 2.24) is 19.9 Å². The van der Waals surface area contributed by atoms with Crippen LogP contribution < -0.4 is 10.9 Å². The third-order valence-electron chi connectivity index (χ3n) is 5.03. The molecule has 164 valence electrons.